The van der Waals surface area contributed by atoms with Crippen molar-refractivity contribution < 1.29 is 4.39 Å². The van der Waals surface area contributed by atoms with Crippen molar-refractivity contribution in [3.05, 3.63) is 35.6 Å². The SMILES string of the molecule is C[C@@H](NC1CCCCCCC1)c1ccccc1F. The van der Waals surface area contributed by atoms with Gasteiger partial charge >= 0.3 is 0 Å². The molecule has 1 fully saturated rings. The van der Waals surface area contributed by atoms with Gasteiger partial charge in [-0.1, -0.05) is 50.3 Å². The van der Waals surface area contributed by atoms with Crippen LogP contribution >= 0.6 is 0 Å². The summed E-state index contributed by atoms with van der Waals surface area (Å²) in [5, 5.41) is 3.60. The summed E-state index contributed by atoms with van der Waals surface area (Å²) in [6.07, 6.45) is 9.18. The fourth-order valence-electron chi connectivity index (χ4n) is 2.89. The highest BCUT2D eigenvalue weighted by Gasteiger charge is 2.16. The first kappa shape index (κ1) is 13.5. The second-order valence-corrected chi connectivity index (χ2v) is 5.45. The van der Waals surface area contributed by atoms with E-state index >= 15 is 0 Å². The Morgan fingerprint density at radius 2 is 1.67 bits per heavy atom. The summed E-state index contributed by atoms with van der Waals surface area (Å²) in [7, 11) is 0. The Labute approximate surface area is 110 Å². The normalized spacial score (nSPS) is 20.1. The maximum Gasteiger partial charge on any atom is 0.127 e. The topological polar surface area (TPSA) is 12.0 Å². The Kier molecular flexibility index (Phi) is 5.18. The van der Waals surface area contributed by atoms with Gasteiger partial charge in [-0.15, -0.1) is 0 Å². The lowest BCUT2D eigenvalue weighted by molar-refractivity contribution is 0.359. The molecular formula is C16H24FN. The van der Waals surface area contributed by atoms with Crippen molar-refractivity contribution in [3.8, 4) is 0 Å². The summed E-state index contributed by atoms with van der Waals surface area (Å²) in [6.45, 7) is 2.07. The molecule has 1 atom stereocenters. The van der Waals surface area contributed by atoms with Crippen LogP contribution in [0.25, 0.3) is 0 Å². The molecule has 0 saturated heterocycles. The first-order chi connectivity index (χ1) is 8.77. The van der Waals surface area contributed by atoms with Gasteiger partial charge in [0, 0.05) is 17.6 Å². The molecule has 1 N–H and O–H groups in total. The molecule has 2 rings (SSSR count). The van der Waals surface area contributed by atoms with E-state index in [2.05, 4.69) is 12.2 Å². The third kappa shape index (κ3) is 3.81. The van der Waals surface area contributed by atoms with Gasteiger partial charge in [0.2, 0.25) is 0 Å². The summed E-state index contributed by atoms with van der Waals surface area (Å²) >= 11 is 0. The fourth-order valence-corrected chi connectivity index (χ4v) is 2.89. The van der Waals surface area contributed by atoms with Gasteiger partial charge in [-0.05, 0) is 25.8 Å². The van der Waals surface area contributed by atoms with Crippen molar-refractivity contribution in [2.24, 2.45) is 0 Å². The van der Waals surface area contributed by atoms with E-state index in [0.29, 0.717) is 6.04 Å². The van der Waals surface area contributed by atoms with Crippen LogP contribution in [0.4, 0.5) is 4.39 Å². The van der Waals surface area contributed by atoms with Gasteiger partial charge in [-0.25, -0.2) is 4.39 Å². The van der Waals surface area contributed by atoms with Crippen molar-refractivity contribution in [2.45, 2.75) is 64.0 Å². The van der Waals surface area contributed by atoms with Crippen LogP contribution in [0.15, 0.2) is 24.3 Å². The first-order valence-corrected chi connectivity index (χ1v) is 7.28. The molecule has 100 valence electrons. The molecule has 1 aromatic rings. The highest BCUT2D eigenvalue weighted by atomic mass is 19.1. The summed E-state index contributed by atoms with van der Waals surface area (Å²) in [5.41, 5.74) is 0.791. The lowest BCUT2D eigenvalue weighted by Gasteiger charge is -2.25. The van der Waals surface area contributed by atoms with Gasteiger partial charge in [-0.2, -0.15) is 0 Å². The van der Waals surface area contributed by atoms with Gasteiger partial charge in [0.05, 0.1) is 0 Å². The first-order valence-electron chi connectivity index (χ1n) is 7.28. The van der Waals surface area contributed by atoms with Crippen molar-refractivity contribution in [1.82, 2.24) is 5.32 Å². The number of halogens is 1. The van der Waals surface area contributed by atoms with Gasteiger partial charge in [-0.3, -0.25) is 0 Å². The van der Waals surface area contributed by atoms with E-state index in [0.717, 1.165) is 5.56 Å². The molecule has 2 heteroatoms. The zero-order chi connectivity index (χ0) is 12.8. The van der Waals surface area contributed by atoms with Crippen LogP contribution in [0.1, 0.15) is 63.5 Å². The molecule has 1 nitrogen and oxygen atoms in total. The Morgan fingerprint density at radius 3 is 2.33 bits per heavy atom. The molecule has 0 aliphatic heterocycles. The van der Waals surface area contributed by atoms with Gasteiger partial charge in [0.25, 0.3) is 0 Å². The minimum absolute atomic E-state index is 0.0941. The van der Waals surface area contributed by atoms with Gasteiger partial charge in [0.15, 0.2) is 0 Å². The molecule has 0 aromatic heterocycles. The van der Waals surface area contributed by atoms with E-state index in [4.69, 9.17) is 0 Å². The zero-order valence-electron chi connectivity index (χ0n) is 11.3. The molecule has 1 aliphatic rings. The Bertz CT molecular complexity index is 356. The summed E-state index contributed by atoms with van der Waals surface area (Å²) in [6, 6.07) is 7.76. The molecule has 0 radical (unpaired) electrons. The quantitative estimate of drug-likeness (QED) is 0.826. The second-order valence-electron chi connectivity index (χ2n) is 5.45. The van der Waals surface area contributed by atoms with Crippen LogP contribution in [-0.2, 0) is 0 Å². The monoisotopic (exact) mass is 249 g/mol. The van der Waals surface area contributed by atoms with E-state index < -0.39 is 0 Å². The molecule has 0 amide bonds. The van der Waals surface area contributed by atoms with Gasteiger partial charge < -0.3 is 5.32 Å². The smallest absolute Gasteiger partial charge is 0.127 e. The van der Waals surface area contributed by atoms with Crippen molar-refractivity contribution in [3.63, 3.8) is 0 Å². The minimum Gasteiger partial charge on any atom is -0.307 e. The van der Waals surface area contributed by atoms with Crippen molar-refractivity contribution >= 4 is 0 Å². The lowest BCUT2D eigenvalue weighted by atomic mass is 9.95. The van der Waals surface area contributed by atoms with Crippen LogP contribution in [-0.4, -0.2) is 6.04 Å². The summed E-state index contributed by atoms with van der Waals surface area (Å²) < 4.78 is 13.7. The molecule has 0 spiro atoms. The standard InChI is InChI=1S/C16H24FN/c1-13(15-11-7-8-12-16(15)17)18-14-9-5-3-2-4-6-10-14/h7-8,11-14,18H,2-6,9-10H2,1H3/t13-/m1/s1. The summed E-state index contributed by atoms with van der Waals surface area (Å²) in [5.74, 6) is -0.0941. The van der Waals surface area contributed by atoms with E-state index in [1.807, 2.05) is 12.1 Å². The highest BCUT2D eigenvalue weighted by Crippen LogP contribution is 2.22. The average molecular weight is 249 g/mol. The molecule has 0 bridgehead atoms. The molecule has 0 unspecified atom stereocenters. The fraction of sp³-hybridized carbons (Fsp3) is 0.625. The maximum atomic E-state index is 13.7. The number of benzene rings is 1. The third-order valence-corrected chi connectivity index (χ3v) is 3.96. The summed E-state index contributed by atoms with van der Waals surface area (Å²) in [4.78, 5) is 0. The second kappa shape index (κ2) is 6.89. The molecule has 1 aromatic carbocycles. The van der Waals surface area contributed by atoms with E-state index in [9.17, 15) is 4.39 Å². The Hall–Kier alpha value is -0.890. The minimum atomic E-state index is -0.0941. The molecule has 1 aliphatic carbocycles. The molecule has 0 heterocycles. The number of rotatable bonds is 3. The maximum absolute atomic E-state index is 13.7. The zero-order valence-corrected chi connectivity index (χ0v) is 11.3. The Balaban J connectivity index is 1.93. The van der Waals surface area contributed by atoms with Crippen LogP contribution in [0, 0.1) is 5.82 Å². The van der Waals surface area contributed by atoms with Crippen LogP contribution in [0.3, 0.4) is 0 Å². The number of hydrogen-bond donors (Lipinski definition) is 1. The van der Waals surface area contributed by atoms with E-state index in [1.54, 1.807) is 12.1 Å². The van der Waals surface area contributed by atoms with Crippen molar-refractivity contribution in [2.75, 3.05) is 0 Å². The Morgan fingerprint density at radius 1 is 1.06 bits per heavy atom. The molecule has 1 saturated carbocycles. The largest absolute Gasteiger partial charge is 0.307 e. The number of hydrogen-bond acceptors (Lipinski definition) is 1. The predicted octanol–water partition coefficient (Wildman–Crippen LogP) is 4.59. The number of nitrogens with one attached hydrogen (secondary N) is 1. The molecule has 18 heavy (non-hydrogen) atoms. The predicted molar refractivity (Wildman–Crippen MR) is 74.1 cm³/mol. The molecular weight excluding hydrogens is 225 g/mol. The van der Waals surface area contributed by atoms with E-state index in [1.165, 1.54) is 44.9 Å². The van der Waals surface area contributed by atoms with Crippen LogP contribution in [0.5, 0.6) is 0 Å². The average Bonchev–Trinajstić information content (AvgIpc) is 2.33. The van der Waals surface area contributed by atoms with Crippen molar-refractivity contribution in [1.29, 1.82) is 0 Å². The van der Waals surface area contributed by atoms with E-state index in [-0.39, 0.29) is 11.9 Å². The van der Waals surface area contributed by atoms with Crippen LogP contribution < -0.4 is 5.32 Å². The third-order valence-electron chi connectivity index (χ3n) is 3.96. The highest BCUT2D eigenvalue weighted by molar-refractivity contribution is 5.20. The lowest BCUT2D eigenvalue weighted by Crippen LogP contribution is -2.32. The van der Waals surface area contributed by atoms with Crippen LogP contribution in [0.2, 0.25) is 0 Å². The van der Waals surface area contributed by atoms with Gasteiger partial charge in [0.1, 0.15) is 5.82 Å².